The summed E-state index contributed by atoms with van der Waals surface area (Å²) >= 11 is 0. The number of hydrogen-bond acceptors (Lipinski definition) is 5. The Morgan fingerprint density at radius 1 is 1.38 bits per heavy atom. The number of esters is 1. The second kappa shape index (κ2) is 3.84. The molecule has 1 aromatic rings. The van der Waals surface area contributed by atoms with Crippen molar-refractivity contribution in [2.75, 3.05) is 7.11 Å². The predicted octanol–water partition coefficient (Wildman–Crippen LogP) is 1.28. The number of rotatable bonds is 2. The minimum atomic E-state index is -1.49. The highest BCUT2D eigenvalue weighted by molar-refractivity contribution is 5.96. The van der Waals surface area contributed by atoms with Crippen LogP contribution in [0, 0.1) is 0 Å². The van der Waals surface area contributed by atoms with Crippen LogP contribution in [0.3, 0.4) is 0 Å². The first kappa shape index (κ1) is 10.5. The number of ether oxygens (including phenoxy) is 2. The molecule has 0 amide bonds. The molecule has 0 bridgehead atoms. The van der Waals surface area contributed by atoms with Gasteiger partial charge in [0.25, 0.3) is 5.90 Å². The van der Waals surface area contributed by atoms with Crippen molar-refractivity contribution in [3.05, 3.63) is 35.9 Å². The molecule has 1 heterocycles. The fourth-order valence-electron chi connectivity index (χ4n) is 1.31. The highest BCUT2D eigenvalue weighted by atomic mass is 16.8. The Hall–Kier alpha value is -2.04. The lowest BCUT2D eigenvalue weighted by Crippen LogP contribution is -2.38. The lowest BCUT2D eigenvalue weighted by molar-refractivity contribution is -0.198. The van der Waals surface area contributed by atoms with E-state index in [1.54, 1.807) is 0 Å². The molecule has 1 unspecified atom stereocenters. The van der Waals surface area contributed by atoms with Gasteiger partial charge in [-0.3, -0.25) is 0 Å². The molecule has 1 aromatic carbocycles. The van der Waals surface area contributed by atoms with Crippen molar-refractivity contribution in [2.45, 2.75) is 12.7 Å². The largest absolute Gasteiger partial charge is 0.463 e. The zero-order valence-electron chi connectivity index (χ0n) is 8.97. The van der Waals surface area contributed by atoms with Crippen molar-refractivity contribution in [2.24, 2.45) is 5.16 Å². The fourth-order valence-corrected chi connectivity index (χ4v) is 1.31. The van der Waals surface area contributed by atoms with Crippen molar-refractivity contribution in [1.82, 2.24) is 0 Å². The molecule has 5 heteroatoms. The van der Waals surface area contributed by atoms with Crippen LogP contribution in [0.1, 0.15) is 12.5 Å². The SMILES string of the molecule is COC(=O)C1(C)ON=C(c2ccccc2)O1. The molecule has 0 spiro atoms. The van der Waals surface area contributed by atoms with Crippen molar-refractivity contribution in [1.29, 1.82) is 0 Å². The maximum atomic E-state index is 11.4. The average Bonchev–Trinajstić information content (AvgIpc) is 2.73. The molecule has 84 valence electrons. The topological polar surface area (TPSA) is 57.1 Å². The molecule has 1 aliphatic rings. The minimum absolute atomic E-state index is 0.272. The van der Waals surface area contributed by atoms with Crippen LogP contribution in [0.5, 0.6) is 0 Å². The van der Waals surface area contributed by atoms with Crippen molar-refractivity contribution < 1.29 is 19.1 Å². The van der Waals surface area contributed by atoms with Crippen LogP contribution in [0.4, 0.5) is 0 Å². The molecule has 5 nitrogen and oxygen atoms in total. The maximum absolute atomic E-state index is 11.4. The Balaban J connectivity index is 2.17. The molecular formula is C11H11NO4. The lowest BCUT2D eigenvalue weighted by Gasteiger charge is -2.17. The summed E-state index contributed by atoms with van der Waals surface area (Å²) in [4.78, 5) is 16.3. The van der Waals surface area contributed by atoms with E-state index in [0.717, 1.165) is 5.56 Å². The van der Waals surface area contributed by atoms with Gasteiger partial charge in [0.2, 0.25) is 0 Å². The lowest BCUT2D eigenvalue weighted by atomic mass is 10.2. The Morgan fingerprint density at radius 2 is 2.06 bits per heavy atom. The van der Waals surface area contributed by atoms with Gasteiger partial charge in [0, 0.05) is 12.5 Å². The predicted molar refractivity (Wildman–Crippen MR) is 55.6 cm³/mol. The van der Waals surface area contributed by atoms with Gasteiger partial charge in [-0.05, 0) is 17.3 Å². The summed E-state index contributed by atoms with van der Waals surface area (Å²) in [5.41, 5.74) is 0.745. The van der Waals surface area contributed by atoms with Gasteiger partial charge in [-0.1, -0.05) is 18.2 Å². The molecule has 1 aliphatic heterocycles. The Morgan fingerprint density at radius 3 is 2.69 bits per heavy atom. The molecule has 0 saturated carbocycles. The van der Waals surface area contributed by atoms with Gasteiger partial charge < -0.3 is 14.3 Å². The monoisotopic (exact) mass is 221 g/mol. The number of oxime groups is 1. The summed E-state index contributed by atoms with van der Waals surface area (Å²) in [7, 11) is 1.26. The molecule has 0 fully saturated rings. The summed E-state index contributed by atoms with van der Waals surface area (Å²) in [6, 6.07) is 9.18. The molecular weight excluding hydrogens is 210 g/mol. The van der Waals surface area contributed by atoms with Crippen molar-refractivity contribution in [3.8, 4) is 0 Å². The van der Waals surface area contributed by atoms with Crippen molar-refractivity contribution >= 4 is 11.9 Å². The van der Waals surface area contributed by atoms with Gasteiger partial charge in [0.05, 0.1) is 7.11 Å². The van der Waals surface area contributed by atoms with E-state index in [2.05, 4.69) is 9.89 Å². The minimum Gasteiger partial charge on any atom is -0.463 e. The Bertz CT molecular complexity index is 429. The first-order chi connectivity index (χ1) is 7.65. The normalized spacial score (nSPS) is 23.0. The van der Waals surface area contributed by atoms with Crippen LogP contribution in [0.15, 0.2) is 35.5 Å². The highest BCUT2D eigenvalue weighted by Crippen LogP contribution is 2.24. The molecule has 2 rings (SSSR count). The number of carbonyl (C=O) groups is 1. The first-order valence-electron chi connectivity index (χ1n) is 4.75. The van der Waals surface area contributed by atoms with Crippen molar-refractivity contribution in [3.63, 3.8) is 0 Å². The van der Waals surface area contributed by atoms with E-state index in [0.29, 0.717) is 0 Å². The first-order valence-corrected chi connectivity index (χ1v) is 4.75. The summed E-state index contributed by atoms with van der Waals surface area (Å²) in [5.74, 6) is -1.84. The molecule has 0 radical (unpaired) electrons. The van der Waals surface area contributed by atoms with Gasteiger partial charge in [-0.15, -0.1) is 0 Å². The number of nitrogens with zero attached hydrogens (tertiary/aromatic N) is 1. The highest BCUT2D eigenvalue weighted by Gasteiger charge is 2.45. The third-order valence-electron chi connectivity index (χ3n) is 2.17. The zero-order valence-corrected chi connectivity index (χ0v) is 8.97. The second-order valence-electron chi connectivity index (χ2n) is 3.39. The molecule has 16 heavy (non-hydrogen) atoms. The number of hydrogen-bond donors (Lipinski definition) is 0. The van der Waals surface area contributed by atoms with Gasteiger partial charge in [0.1, 0.15) is 0 Å². The number of benzene rings is 1. The van der Waals surface area contributed by atoms with E-state index >= 15 is 0 Å². The van der Waals surface area contributed by atoms with E-state index < -0.39 is 11.8 Å². The third kappa shape index (κ3) is 1.71. The average molecular weight is 221 g/mol. The summed E-state index contributed by atoms with van der Waals surface area (Å²) in [6.45, 7) is 1.46. The Labute approximate surface area is 92.6 Å². The van der Waals surface area contributed by atoms with E-state index in [1.165, 1.54) is 14.0 Å². The Kier molecular flexibility index (Phi) is 2.52. The van der Waals surface area contributed by atoms with E-state index in [9.17, 15) is 4.79 Å². The van der Waals surface area contributed by atoms with Gasteiger partial charge in [-0.2, -0.15) is 0 Å². The maximum Gasteiger partial charge on any atom is 0.394 e. The number of methoxy groups -OCH3 is 1. The van der Waals surface area contributed by atoms with Crippen LogP contribution in [-0.4, -0.2) is 24.8 Å². The molecule has 0 N–H and O–H groups in total. The van der Waals surface area contributed by atoms with E-state index in [4.69, 9.17) is 9.57 Å². The van der Waals surface area contributed by atoms with Crippen LogP contribution >= 0.6 is 0 Å². The smallest absolute Gasteiger partial charge is 0.394 e. The van der Waals surface area contributed by atoms with Gasteiger partial charge in [0.15, 0.2) is 0 Å². The van der Waals surface area contributed by atoms with Gasteiger partial charge >= 0.3 is 11.8 Å². The quantitative estimate of drug-likeness (QED) is 0.706. The summed E-state index contributed by atoms with van der Waals surface area (Å²) < 4.78 is 9.90. The zero-order chi connectivity index (χ0) is 11.6. The fraction of sp³-hybridized carbons (Fsp3) is 0.273. The van der Waals surface area contributed by atoms with E-state index in [-0.39, 0.29) is 5.90 Å². The second-order valence-corrected chi connectivity index (χ2v) is 3.39. The molecule has 0 aromatic heterocycles. The standard InChI is InChI=1S/C11H11NO4/c1-11(10(13)14-2)15-9(12-16-11)8-6-4-3-5-7-8/h3-7H,1-2H3. The third-order valence-corrected chi connectivity index (χ3v) is 2.17. The molecule has 0 aliphatic carbocycles. The van der Waals surface area contributed by atoms with E-state index in [1.807, 2.05) is 30.3 Å². The summed E-state index contributed by atoms with van der Waals surface area (Å²) in [5, 5.41) is 3.72. The van der Waals surface area contributed by atoms with Gasteiger partial charge in [-0.25, -0.2) is 4.79 Å². The molecule has 1 atom stereocenters. The van der Waals surface area contributed by atoms with Crippen LogP contribution in [-0.2, 0) is 19.1 Å². The van der Waals surface area contributed by atoms with Crippen LogP contribution in [0.2, 0.25) is 0 Å². The van der Waals surface area contributed by atoms with Crippen LogP contribution in [0.25, 0.3) is 0 Å². The number of carbonyl (C=O) groups excluding carboxylic acids is 1. The van der Waals surface area contributed by atoms with Crippen LogP contribution < -0.4 is 0 Å². The summed E-state index contributed by atoms with van der Waals surface area (Å²) in [6.07, 6.45) is 0. The molecule has 0 saturated heterocycles.